The lowest BCUT2D eigenvalue weighted by Gasteiger charge is -2.22. The molecule has 0 amide bonds. The molecule has 0 saturated carbocycles. The van der Waals surface area contributed by atoms with Gasteiger partial charge in [-0.15, -0.1) is 0 Å². The molecule has 0 bridgehead atoms. The van der Waals surface area contributed by atoms with Crippen LogP contribution in [0.4, 0.5) is 9.59 Å². The Balaban J connectivity index is 1.77. The molecule has 0 saturated heterocycles. The lowest BCUT2D eigenvalue weighted by molar-refractivity contribution is 0.0991. The van der Waals surface area contributed by atoms with Gasteiger partial charge in [0.2, 0.25) is 0 Å². The van der Waals surface area contributed by atoms with Crippen molar-refractivity contribution in [3.8, 4) is 22.6 Å². The molecule has 0 aliphatic heterocycles. The third-order valence-electron chi connectivity index (χ3n) is 8.23. The first-order valence-electron chi connectivity index (χ1n) is 15.8. The number of hydrogen-bond donors (Lipinski definition) is 0. The quantitative estimate of drug-likeness (QED) is 0.101. The van der Waals surface area contributed by atoms with Gasteiger partial charge < -0.3 is 18.9 Å². The molecule has 0 radical (unpaired) electrons. The number of aryl methyl sites for hydroxylation is 4. The smallest absolute Gasteiger partial charge is 0.434 e. The zero-order chi connectivity index (χ0) is 32.5. The minimum absolute atomic E-state index is 0.280. The summed E-state index contributed by atoms with van der Waals surface area (Å²) in [4.78, 5) is 25.8. The van der Waals surface area contributed by atoms with Crippen molar-refractivity contribution >= 4 is 55.4 Å². The van der Waals surface area contributed by atoms with Gasteiger partial charge in [0.25, 0.3) is 0 Å². The Hall–Kier alpha value is -5.10. The highest BCUT2D eigenvalue weighted by Crippen LogP contribution is 2.50. The van der Waals surface area contributed by atoms with Gasteiger partial charge in [0.15, 0.2) is 0 Å². The van der Waals surface area contributed by atoms with Crippen molar-refractivity contribution in [1.82, 2.24) is 0 Å². The van der Waals surface area contributed by atoms with Gasteiger partial charge in [0.05, 0.1) is 13.2 Å². The second-order valence-electron chi connectivity index (χ2n) is 12.0. The summed E-state index contributed by atoms with van der Waals surface area (Å²) in [5.74, 6) is 0.940. The molecule has 0 aromatic heterocycles. The maximum atomic E-state index is 12.9. The molecule has 6 heteroatoms. The number of fused-ring (bicyclic) bond motifs is 4. The molecule has 0 fully saturated rings. The van der Waals surface area contributed by atoms with Crippen LogP contribution >= 0.6 is 0 Å². The van der Waals surface area contributed by atoms with E-state index in [0.29, 0.717) is 24.3 Å². The van der Waals surface area contributed by atoms with Gasteiger partial charge >= 0.3 is 12.3 Å². The van der Waals surface area contributed by atoms with Gasteiger partial charge in [-0.1, -0.05) is 96.8 Å². The van der Waals surface area contributed by atoms with Crippen LogP contribution in [-0.2, 0) is 9.47 Å². The van der Waals surface area contributed by atoms with Crippen LogP contribution < -0.4 is 9.47 Å². The van der Waals surface area contributed by atoms with Crippen molar-refractivity contribution < 1.29 is 28.5 Å². The van der Waals surface area contributed by atoms with E-state index in [2.05, 4.69) is 62.4 Å². The molecule has 0 unspecified atom stereocenters. The fraction of sp³-hybridized carbons (Fsp3) is 0.250. The van der Waals surface area contributed by atoms with E-state index in [1.807, 2.05) is 52.0 Å². The van der Waals surface area contributed by atoms with Crippen molar-refractivity contribution in [2.45, 2.75) is 54.4 Å². The van der Waals surface area contributed by atoms with Gasteiger partial charge in [-0.2, -0.15) is 0 Å². The fourth-order valence-electron chi connectivity index (χ4n) is 6.19. The molecule has 0 aliphatic carbocycles. The Morgan fingerprint density at radius 1 is 0.457 bits per heavy atom. The van der Waals surface area contributed by atoms with Crippen molar-refractivity contribution in [2.24, 2.45) is 0 Å². The normalized spacial score (nSPS) is 11.3. The van der Waals surface area contributed by atoms with E-state index in [1.165, 1.54) is 0 Å². The molecule has 0 N–H and O–H groups in total. The predicted octanol–water partition coefficient (Wildman–Crippen LogP) is 11.1. The van der Waals surface area contributed by atoms with E-state index in [1.54, 1.807) is 0 Å². The van der Waals surface area contributed by atoms with Crippen LogP contribution in [0.1, 0.15) is 48.9 Å². The highest BCUT2D eigenvalue weighted by Gasteiger charge is 2.25. The SMILES string of the molecule is CCCOC(=O)Oc1c2cc(C)ccc2c(-c2c3ccc(C)cc3c(OC(=O)OCCC)c3ccc(C)cc23)c2cc(C)ccc12. The minimum Gasteiger partial charge on any atom is -0.434 e. The van der Waals surface area contributed by atoms with Gasteiger partial charge in [-0.25, -0.2) is 9.59 Å². The monoisotopic (exact) mass is 614 g/mol. The zero-order valence-electron chi connectivity index (χ0n) is 27.2. The van der Waals surface area contributed by atoms with Gasteiger partial charge in [0.1, 0.15) is 11.5 Å². The van der Waals surface area contributed by atoms with E-state index in [0.717, 1.165) is 76.5 Å². The fourth-order valence-corrected chi connectivity index (χ4v) is 6.19. The van der Waals surface area contributed by atoms with E-state index in [9.17, 15) is 9.59 Å². The van der Waals surface area contributed by atoms with Gasteiger partial charge in [-0.3, -0.25) is 0 Å². The summed E-state index contributed by atoms with van der Waals surface area (Å²) < 4.78 is 22.7. The van der Waals surface area contributed by atoms with Crippen LogP contribution in [0.5, 0.6) is 11.5 Å². The van der Waals surface area contributed by atoms with Crippen molar-refractivity contribution in [3.05, 3.63) is 95.1 Å². The number of rotatable bonds is 7. The van der Waals surface area contributed by atoms with Gasteiger partial charge in [-0.05, 0) is 85.3 Å². The maximum Gasteiger partial charge on any atom is 0.513 e. The van der Waals surface area contributed by atoms with E-state index >= 15 is 0 Å². The highest BCUT2D eigenvalue weighted by molar-refractivity contribution is 6.27. The third-order valence-corrected chi connectivity index (χ3v) is 8.23. The van der Waals surface area contributed by atoms with Crippen molar-refractivity contribution in [2.75, 3.05) is 13.2 Å². The van der Waals surface area contributed by atoms with Crippen LogP contribution in [0.3, 0.4) is 0 Å². The molecule has 234 valence electrons. The molecule has 0 aliphatic rings. The molecular formula is C40H38O6. The molecule has 6 aromatic carbocycles. The lowest BCUT2D eigenvalue weighted by Crippen LogP contribution is -2.12. The Labute approximate surface area is 268 Å². The lowest BCUT2D eigenvalue weighted by atomic mass is 9.84. The summed E-state index contributed by atoms with van der Waals surface area (Å²) in [6, 6.07) is 24.8. The number of benzene rings is 6. The standard InChI is InChI=1S/C40H38O6/c1-7-17-43-39(41)45-37-29-15-11-23(3)19-31(29)35(27-13-9-25(5)21-33(27)37)36-28-14-10-26(6)22-34(28)38(46-40(42)44-18-8-2)30-16-12-24(4)20-32(30)36/h9-16,19-22H,7-8,17-18H2,1-6H3. The zero-order valence-corrected chi connectivity index (χ0v) is 27.2. The van der Waals surface area contributed by atoms with E-state index < -0.39 is 12.3 Å². The van der Waals surface area contributed by atoms with Crippen molar-refractivity contribution in [1.29, 1.82) is 0 Å². The first-order chi connectivity index (χ1) is 22.2. The summed E-state index contributed by atoms with van der Waals surface area (Å²) in [6.07, 6.45) is -0.0540. The predicted molar refractivity (Wildman–Crippen MR) is 185 cm³/mol. The molecule has 6 nitrogen and oxygen atoms in total. The van der Waals surface area contributed by atoms with Crippen LogP contribution in [0.2, 0.25) is 0 Å². The Morgan fingerprint density at radius 2 is 0.783 bits per heavy atom. The summed E-state index contributed by atoms with van der Waals surface area (Å²) in [6.45, 7) is 12.6. The number of ether oxygens (including phenoxy) is 4. The second kappa shape index (κ2) is 12.7. The molecule has 6 aromatic rings. The topological polar surface area (TPSA) is 71.1 Å². The largest absolute Gasteiger partial charge is 0.513 e. The van der Waals surface area contributed by atoms with E-state index in [-0.39, 0.29) is 13.2 Å². The second-order valence-corrected chi connectivity index (χ2v) is 12.0. The Bertz CT molecular complexity index is 2010. The number of carbonyl (C=O) groups is 2. The maximum absolute atomic E-state index is 12.9. The Kier molecular flexibility index (Phi) is 8.55. The van der Waals surface area contributed by atoms with E-state index in [4.69, 9.17) is 18.9 Å². The summed E-state index contributed by atoms with van der Waals surface area (Å²) in [5.41, 5.74) is 6.22. The molecule has 0 atom stereocenters. The van der Waals surface area contributed by atoms with Crippen LogP contribution in [0.25, 0.3) is 54.2 Å². The average Bonchev–Trinajstić information content (AvgIpc) is 3.03. The number of hydrogen-bond acceptors (Lipinski definition) is 6. The summed E-state index contributed by atoms with van der Waals surface area (Å²) in [5, 5.41) is 6.97. The van der Waals surface area contributed by atoms with Crippen LogP contribution in [0, 0.1) is 27.7 Å². The third kappa shape index (κ3) is 5.71. The Morgan fingerprint density at radius 3 is 1.13 bits per heavy atom. The molecule has 0 spiro atoms. The first-order valence-corrected chi connectivity index (χ1v) is 15.8. The number of carbonyl (C=O) groups excluding carboxylic acids is 2. The van der Waals surface area contributed by atoms with Crippen LogP contribution in [0.15, 0.2) is 72.8 Å². The van der Waals surface area contributed by atoms with Gasteiger partial charge in [0, 0.05) is 21.5 Å². The minimum atomic E-state index is -0.724. The molecule has 6 rings (SSSR count). The highest BCUT2D eigenvalue weighted by atomic mass is 16.7. The average molecular weight is 615 g/mol. The van der Waals surface area contributed by atoms with Crippen LogP contribution in [-0.4, -0.2) is 25.5 Å². The summed E-state index contributed by atoms with van der Waals surface area (Å²) >= 11 is 0. The summed E-state index contributed by atoms with van der Waals surface area (Å²) in [7, 11) is 0. The molecular weight excluding hydrogens is 576 g/mol. The first kappa shape index (κ1) is 30.9. The van der Waals surface area contributed by atoms with Crippen molar-refractivity contribution in [3.63, 3.8) is 0 Å². The molecule has 0 heterocycles. The molecule has 46 heavy (non-hydrogen) atoms.